The zero-order valence-corrected chi connectivity index (χ0v) is 9.98. The molecule has 1 aromatic heterocycles. The van der Waals surface area contributed by atoms with Crippen LogP contribution in [0.25, 0.3) is 0 Å². The summed E-state index contributed by atoms with van der Waals surface area (Å²) in [5, 5.41) is 4.29. The van der Waals surface area contributed by atoms with E-state index in [0.29, 0.717) is 22.1 Å². The molecule has 0 amide bonds. The molecule has 0 fully saturated rings. The fourth-order valence-electron chi connectivity index (χ4n) is 1.43. The average molecular weight is 251 g/mol. The molecule has 2 aromatic rings. The minimum atomic E-state index is -0.0667. The van der Waals surface area contributed by atoms with Crippen molar-refractivity contribution in [3.8, 4) is 0 Å². The van der Waals surface area contributed by atoms with Crippen LogP contribution in [0, 0.1) is 0 Å². The molecule has 0 saturated heterocycles. The van der Waals surface area contributed by atoms with Crippen molar-refractivity contribution in [1.82, 2.24) is 14.8 Å². The normalized spacial score (nSPS) is 10.5. The van der Waals surface area contributed by atoms with Gasteiger partial charge >= 0.3 is 0 Å². The van der Waals surface area contributed by atoms with Crippen molar-refractivity contribution in [1.29, 1.82) is 0 Å². The van der Waals surface area contributed by atoms with E-state index in [1.54, 1.807) is 29.9 Å². The van der Waals surface area contributed by atoms with Gasteiger partial charge < -0.3 is 5.73 Å². The smallest absolute Gasteiger partial charge is 0.170 e. The third-order valence-corrected chi connectivity index (χ3v) is 2.77. The first-order chi connectivity index (χ1) is 8.08. The van der Waals surface area contributed by atoms with Gasteiger partial charge in [0.05, 0.1) is 17.1 Å². The second kappa shape index (κ2) is 4.55. The predicted octanol–water partition coefficient (Wildman–Crippen LogP) is 1.48. The Bertz CT molecular complexity index is 564. The molecule has 0 unspecified atom stereocenters. The van der Waals surface area contributed by atoms with Gasteiger partial charge in [-0.15, -0.1) is 0 Å². The maximum absolute atomic E-state index is 11.9. The van der Waals surface area contributed by atoms with Crippen LogP contribution in [0.5, 0.6) is 0 Å². The van der Waals surface area contributed by atoms with E-state index in [9.17, 15) is 4.79 Å². The third kappa shape index (κ3) is 2.45. The Labute approximate surface area is 103 Å². The average Bonchev–Trinajstić information content (AvgIpc) is 2.68. The Hall–Kier alpha value is -1.88. The highest BCUT2D eigenvalue weighted by Gasteiger charge is 2.11. The summed E-state index contributed by atoms with van der Waals surface area (Å²) < 4.78 is 1.57. The fraction of sp³-hybridized carbons (Fsp3) is 0.182. The van der Waals surface area contributed by atoms with Crippen LogP contribution in [-0.4, -0.2) is 20.5 Å². The Balaban J connectivity index is 2.20. The van der Waals surface area contributed by atoms with E-state index in [1.807, 2.05) is 0 Å². The molecule has 0 bridgehead atoms. The number of Topliss-reactive ketones (excluding diaryl/α,β-unsaturated/α-hetero) is 1. The standard InChI is InChI=1S/C11H11ClN4O/c1-16-11(14-6-15-16)5-10(17)7-2-3-9(13)8(12)4-7/h2-4,6H,5,13H2,1H3. The molecular weight excluding hydrogens is 240 g/mol. The number of aryl methyl sites for hydroxylation is 1. The first-order valence-electron chi connectivity index (χ1n) is 4.99. The van der Waals surface area contributed by atoms with Crippen LogP contribution in [0.3, 0.4) is 0 Å². The summed E-state index contributed by atoms with van der Waals surface area (Å²) in [6.07, 6.45) is 1.61. The molecule has 5 nitrogen and oxygen atoms in total. The quantitative estimate of drug-likeness (QED) is 0.661. The molecule has 17 heavy (non-hydrogen) atoms. The van der Waals surface area contributed by atoms with Gasteiger partial charge in [0.25, 0.3) is 0 Å². The lowest BCUT2D eigenvalue weighted by Gasteiger charge is -2.03. The number of ketones is 1. The Kier molecular flexibility index (Phi) is 3.10. The molecule has 88 valence electrons. The van der Waals surface area contributed by atoms with E-state index in [2.05, 4.69) is 10.1 Å². The van der Waals surface area contributed by atoms with Crippen LogP contribution >= 0.6 is 11.6 Å². The lowest BCUT2D eigenvalue weighted by atomic mass is 10.1. The van der Waals surface area contributed by atoms with E-state index in [1.165, 1.54) is 6.33 Å². The van der Waals surface area contributed by atoms with Crippen molar-refractivity contribution < 1.29 is 4.79 Å². The van der Waals surface area contributed by atoms with E-state index in [4.69, 9.17) is 17.3 Å². The van der Waals surface area contributed by atoms with Gasteiger partial charge in [0.1, 0.15) is 12.2 Å². The fourth-order valence-corrected chi connectivity index (χ4v) is 1.61. The number of nitrogens with two attached hydrogens (primary N) is 1. The van der Waals surface area contributed by atoms with E-state index < -0.39 is 0 Å². The summed E-state index contributed by atoms with van der Waals surface area (Å²) in [4.78, 5) is 15.9. The van der Waals surface area contributed by atoms with E-state index in [0.717, 1.165) is 0 Å². The molecule has 0 atom stereocenters. The molecule has 1 heterocycles. The van der Waals surface area contributed by atoms with E-state index >= 15 is 0 Å². The summed E-state index contributed by atoms with van der Waals surface area (Å²) >= 11 is 5.86. The molecule has 0 spiro atoms. The number of rotatable bonds is 3. The molecule has 0 aliphatic rings. The maximum atomic E-state index is 11.9. The number of carbonyl (C=O) groups is 1. The van der Waals surface area contributed by atoms with Crippen molar-refractivity contribution in [3.05, 3.63) is 40.9 Å². The second-order valence-electron chi connectivity index (χ2n) is 3.64. The Morgan fingerprint density at radius 3 is 2.88 bits per heavy atom. The molecule has 2 N–H and O–H groups in total. The van der Waals surface area contributed by atoms with Crippen molar-refractivity contribution >= 4 is 23.1 Å². The van der Waals surface area contributed by atoms with Gasteiger partial charge in [-0.05, 0) is 18.2 Å². The highest BCUT2D eigenvalue weighted by molar-refractivity contribution is 6.33. The number of benzene rings is 1. The van der Waals surface area contributed by atoms with Crippen LogP contribution in [0.4, 0.5) is 5.69 Å². The number of hydrogen-bond donors (Lipinski definition) is 1. The van der Waals surface area contributed by atoms with Gasteiger partial charge in [-0.25, -0.2) is 4.98 Å². The predicted molar refractivity (Wildman–Crippen MR) is 64.9 cm³/mol. The Morgan fingerprint density at radius 1 is 1.53 bits per heavy atom. The lowest BCUT2D eigenvalue weighted by Crippen LogP contribution is -2.09. The summed E-state index contributed by atoms with van der Waals surface area (Å²) in [6.45, 7) is 0. The van der Waals surface area contributed by atoms with Crippen LogP contribution in [0.15, 0.2) is 24.5 Å². The van der Waals surface area contributed by atoms with Gasteiger partial charge in [0.2, 0.25) is 0 Å². The van der Waals surface area contributed by atoms with Gasteiger partial charge in [0, 0.05) is 12.6 Å². The van der Waals surface area contributed by atoms with Crippen molar-refractivity contribution in [3.63, 3.8) is 0 Å². The van der Waals surface area contributed by atoms with Gasteiger partial charge in [-0.3, -0.25) is 9.48 Å². The molecule has 0 aliphatic carbocycles. The number of hydrogen-bond acceptors (Lipinski definition) is 4. The first-order valence-corrected chi connectivity index (χ1v) is 5.37. The second-order valence-corrected chi connectivity index (χ2v) is 4.04. The number of nitrogens with zero attached hydrogens (tertiary/aromatic N) is 3. The Morgan fingerprint density at radius 2 is 2.29 bits per heavy atom. The zero-order valence-electron chi connectivity index (χ0n) is 9.22. The van der Waals surface area contributed by atoms with E-state index in [-0.39, 0.29) is 12.2 Å². The third-order valence-electron chi connectivity index (χ3n) is 2.45. The molecule has 0 aliphatic heterocycles. The van der Waals surface area contributed by atoms with Gasteiger partial charge in [-0.1, -0.05) is 11.6 Å². The monoisotopic (exact) mass is 250 g/mol. The van der Waals surface area contributed by atoms with Crippen LogP contribution in [0.1, 0.15) is 16.2 Å². The number of halogens is 1. The van der Waals surface area contributed by atoms with Crippen molar-refractivity contribution in [2.24, 2.45) is 7.05 Å². The SMILES string of the molecule is Cn1ncnc1CC(=O)c1ccc(N)c(Cl)c1. The highest BCUT2D eigenvalue weighted by Crippen LogP contribution is 2.20. The first kappa shape index (κ1) is 11.6. The minimum Gasteiger partial charge on any atom is -0.398 e. The minimum absolute atomic E-state index is 0.0667. The van der Waals surface area contributed by atoms with Crippen molar-refractivity contribution in [2.75, 3.05) is 5.73 Å². The molecule has 1 aromatic carbocycles. The number of aromatic nitrogens is 3. The summed E-state index contributed by atoms with van der Waals surface area (Å²) in [7, 11) is 1.74. The molecule has 2 rings (SSSR count). The van der Waals surface area contributed by atoms with Crippen LogP contribution in [-0.2, 0) is 13.5 Å². The van der Waals surface area contributed by atoms with Crippen molar-refractivity contribution in [2.45, 2.75) is 6.42 Å². The maximum Gasteiger partial charge on any atom is 0.170 e. The molecule has 0 radical (unpaired) electrons. The lowest BCUT2D eigenvalue weighted by molar-refractivity contribution is 0.0989. The van der Waals surface area contributed by atoms with Crippen LogP contribution in [0.2, 0.25) is 5.02 Å². The topological polar surface area (TPSA) is 73.8 Å². The number of carbonyl (C=O) groups excluding carboxylic acids is 1. The number of nitrogen functional groups attached to an aromatic ring is 1. The molecule has 6 heteroatoms. The zero-order chi connectivity index (χ0) is 12.4. The summed E-state index contributed by atoms with van der Waals surface area (Å²) in [6, 6.07) is 4.84. The molecular formula is C11H11ClN4O. The summed E-state index contributed by atoms with van der Waals surface area (Å²) in [5.74, 6) is 0.547. The van der Waals surface area contributed by atoms with Crippen LogP contribution < -0.4 is 5.73 Å². The largest absolute Gasteiger partial charge is 0.398 e. The summed E-state index contributed by atoms with van der Waals surface area (Å²) in [5.41, 5.74) is 6.56. The number of anilines is 1. The molecule has 0 saturated carbocycles. The van der Waals surface area contributed by atoms with Gasteiger partial charge in [-0.2, -0.15) is 5.10 Å². The van der Waals surface area contributed by atoms with Gasteiger partial charge in [0.15, 0.2) is 5.78 Å². The highest BCUT2D eigenvalue weighted by atomic mass is 35.5.